The zero-order valence-electron chi connectivity index (χ0n) is 31.0. The predicted molar refractivity (Wildman–Crippen MR) is 189 cm³/mol. The van der Waals surface area contributed by atoms with Crippen LogP contribution in [0.4, 0.5) is 26.3 Å². The van der Waals surface area contributed by atoms with Gasteiger partial charge in [-0.25, -0.2) is 14.4 Å². The van der Waals surface area contributed by atoms with E-state index in [0.717, 1.165) is 10.8 Å². The van der Waals surface area contributed by atoms with Gasteiger partial charge in [-0.1, -0.05) is 26.0 Å². The highest BCUT2D eigenvalue weighted by molar-refractivity contribution is 5.99. The third kappa shape index (κ3) is 18.1. The summed E-state index contributed by atoms with van der Waals surface area (Å²) in [4.78, 5) is 67.8. The number of likely N-dealkylation sites (tertiary alicyclic amines) is 1. The SMILES string of the molecule is CC(C)NC[C@@H](O)COc1cccc2cc(C(=O)NCCCC[C@H](N[C@@H](C)C(=O)N3CCC[C@@H]3C(=O)O)C(=O)O)ccc12.O=C(O)C(F)(F)F.O=C(O)C(F)(F)F. The number of aliphatic carboxylic acids is 4. The third-order valence-electron chi connectivity index (χ3n) is 7.93. The molecule has 2 amide bonds. The molecule has 22 heteroatoms. The Hall–Kier alpha value is -5.22. The fourth-order valence-corrected chi connectivity index (χ4v) is 5.10. The number of nitrogens with one attached hydrogen (secondary N) is 3. The Labute approximate surface area is 322 Å². The fraction of sp³-hybridized carbons (Fsp3) is 0.543. The van der Waals surface area contributed by atoms with Crippen LogP contribution in [0.3, 0.4) is 0 Å². The minimum absolute atomic E-state index is 0.137. The summed E-state index contributed by atoms with van der Waals surface area (Å²) in [6.07, 6.45) is -8.57. The summed E-state index contributed by atoms with van der Waals surface area (Å²) in [7, 11) is 0. The molecule has 0 spiro atoms. The average Bonchev–Trinajstić information content (AvgIpc) is 3.62. The van der Waals surface area contributed by atoms with Gasteiger partial charge in [0.15, 0.2) is 0 Å². The van der Waals surface area contributed by atoms with Gasteiger partial charge in [0.2, 0.25) is 5.91 Å². The number of carboxylic acid groups (broad SMARTS) is 4. The lowest BCUT2D eigenvalue weighted by molar-refractivity contribution is -0.193. The normalized spacial score (nSPS) is 15.6. The molecule has 1 heterocycles. The van der Waals surface area contributed by atoms with Crippen LogP contribution in [0.1, 0.15) is 63.2 Å². The first-order valence-electron chi connectivity index (χ1n) is 17.3. The molecule has 320 valence electrons. The maximum absolute atomic E-state index is 12.8. The van der Waals surface area contributed by atoms with E-state index in [-0.39, 0.29) is 25.0 Å². The van der Waals surface area contributed by atoms with Gasteiger partial charge in [-0.15, -0.1) is 0 Å². The predicted octanol–water partition coefficient (Wildman–Crippen LogP) is 3.25. The van der Waals surface area contributed by atoms with E-state index < -0.39 is 66.4 Å². The number of carboxylic acids is 4. The molecule has 1 saturated heterocycles. The summed E-state index contributed by atoms with van der Waals surface area (Å²) >= 11 is 0. The summed E-state index contributed by atoms with van der Waals surface area (Å²) in [5, 5.41) is 53.9. The molecule has 2 aromatic rings. The number of alkyl halides is 6. The number of aliphatic hydroxyl groups excluding tert-OH is 1. The molecule has 0 radical (unpaired) electrons. The van der Waals surface area contributed by atoms with Crippen molar-refractivity contribution in [2.45, 2.75) is 95.5 Å². The summed E-state index contributed by atoms with van der Waals surface area (Å²) in [5.41, 5.74) is 0.477. The Morgan fingerprint density at radius 3 is 2.02 bits per heavy atom. The number of benzene rings is 2. The summed E-state index contributed by atoms with van der Waals surface area (Å²) in [5.74, 6) is -7.73. The molecule has 1 aliphatic rings. The van der Waals surface area contributed by atoms with Gasteiger partial charge in [0, 0.05) is 36.6 Å². The minimum atomic E-state index is -5.08. The van der Waals surface area contributed by atoms with Crippen LogP contribution >= 0.6 is 0 Å². The molecule has 3 rings (SSSR count). The van der Waals surface area contributed by atoms with E-state index in [0.29, 0.717) is 56.6 Å². The summed E-state index contributed by atoms with van der Waals surface area (Å²) < 4.78 is 69.3. The number of hydrogen-bond acceptors (Lipinski definition) is 10. The third-order valence-corrected chi connectivity index (χ3v) is 7.93. The van der Waals surface area contributed by atoms with Crippen molar-refractivity contribution in [3.8, 4) is 5.75 Å². The number of aliphatic hydroxyl groups is 1. The first-order chi connectivity index (χ1) is 26.4. The van der Waals surface area contributed by atoms with Crippen LogP contribution in [-0.4, -0.2) is 135 Å². The number of carbonyl (C=O) groups is 6. The first kappa shape index (κ1) is 49.8. The highest BCUT2D eigenvalue weighted by Gasteiger charge is 2.39. The summed E-state index contributed by atoms with van der Waals surface area (Å²) in [6.45, 7) is 6.79. The fourth-order valence-electron chi connectivity index (χ4n) is 5.10. The van der Waals surface area contributed by atoms with Crippen molar-refractivity contribution in [2.75, 3.05) is 26.2 Å². The molecular formula is C35H46F6N4O12. The maximum atomic E-state index is 12.8. The number of rotatable bonds is 17. The second kappa shape index (κ2) is 23.1. The van der Waals surface area contributed by atoms with Crippen LogP contribution < -0.4 is 20.7 Å². The van der Waals surface area contributed by atoms with E-state index in [9.17, 15) is 60.8 Å². The van der Waals surface area contributed by atoms with Crippen molar-refractivity contribution in [1.29, 1.82) is 0 Å². The van der Waals surface area contributed by atoms with Crippen molar-refractivity contribution >= 4 is 46.5 Å². The molecule has 1 fully saturated rings. The monoisotopic (exact) mass is 828 g/mol. The van der Waals surface area contributed by atoms with Gasteiger partial charge in [0.25, 0.3) is 5.91 Å². The number of hydrogen-bond donors (Lipinski definition) is 8. The molecule has 2 aromatic carbocycles. The number of halogens is 6. The Balaban J connectivity index is 0.000000984. The van der Waals surface area contributed by atoms with Gasteiger partial charge >= 0.3 is 36.2 Å². The topological polar surface area (TPSA) is 252 Å². The molecule has 4 atom stereocenters. The van der Waals surface area contributed by atoms with Crippen LogP contribution in [0.2, 0.25) is 0 Å². The van der Waals surface area contributed by atoms with Gasteiger partial charge in [-0.3, -0.25) is 19.7 Å². The van der Waals surface area contributed by atoms with Crippen LogP contribution in [0.25, 0.3) is 10.8 Å². The van der Waals surface area contributed by atoms with Crippen molar-refractivity contribution in [2.24, 2.45) is 0 Å². The molecule has 0 unspecified atom stereocenters. The van der Waals surface area contributed by atoms with Crippen molar-refractivity contribution in [3.05, 3.63) is 42.0 Å². The molecule has 0 saturated carbocycles. The summed E-state index contributed by atoms with van der Waals surface area (Å²) in [6, 6.07) is 8.38. The highest BCUT2D eigenvalue weighted by atomic mass is 19.4. The molecule has 0 bridgehead atoms. The van der Waals surface area contributed by atoms with Crippen molar-refractivity contribution in [1.82, 2.24) is 20.9 Å². The number of amides is 2. The highest BCUT2D eigenvalue weighted by Crippen LogP contribution is 2.27. The standard InChI is InChI=1S/C31H44N4O8.2C2HF3O2/c1-19(2)33-17-23(36)18-43-27-11-6-8-21-16-22(12-13-24(21)27)28(37)32-14-5-4-9-25(30(39)40)34-20(3)29(38)35-15-7-10-26(35)31(41)42;2*3-2(4,5)1(6)7/h6,8,11-13,16,19-20,23,25-26,33-34,36H,4-5,7,9-10,14-15,17-18H2,1-3H3,(H,32,37)(H,39,40)(H,41,42);2*(H,6,7)/t20-,23+,25-,26+;;/m0../s1. The van der Waals surface area contributed by atoms with Crippen LogP contribution in [0, 0.1) is 0 Å². The second-order valence-corrected chi connectivity index (χ2v) is 12.9. The van der Waals surface area contributed by atoms with Crippen molar-refractivity contribution < 1.29 is 85.4 Å². The number of ether oxygens (including phenoxy) is 1. The quantitative estimate of drug-likeness (QED) is 0.0843. The Kier molecular flexibility index (Phi) is 20.2. The lowest BCUT2D eigenvalue weighted by Gasteiger charge is -2.27. The average molecular weight is 829 g/mol. The smallest absolute Gasteiger partial charge is 0.490 e. The lowest BCUT2D eigenvalue weighted by Crippen LogP contribution is -2.53. The Bertz CT molecular complexity index is 1650. The van der Waals surface area contributed by atoms with E-state index in [2.05, 4.69) is 16.0 Å². The van der Waals surface area contributed by atoms with E-state index in [4.69, 9.17) is 24.5 Å². The van der Waals surface area contributed by atoms with Crippen LogP contribution in [0.5, 0.6) is 5.75 Å². The van der Waals surface area contributed by atoms with Gasteiger partial charge in [-0.05, 0) is 68.7 Å². The molecular weight excluding hydrogens is 782 g/mol. The van der Waals surface area contributed by atoms with E-state index in [1.165, 1.54) is 4.90 Å². The number of carbonyl (C=O) groups excluding carboxylic acids is 2. The maximum Gasteiger partial charge on any atom is 0.490 e. The molecule has 16 nitrogen and oxygen atoms in total. The lowest BCUT2D eigenvalue weighted by atomic mass is 10.1. The molecule has 0 aliphatic carbocycles. The number of fused-ring (bicyclic) bond motifs is 1. The van der Waals surface area contributed by atoms with Gasteiger partial charge in [0.1, 0.15) is 30.5 Å². The van der Waals surface area contributed by atoms with E-state index in [1.54, 1.807) is 19.1 Å². The zero-order chi connectivity index (χ0) is 43.7. The second-order valence-electron chi connectivity index (χ2n) is 12.9. The number of unbranched alkanes of at least 4 members (excludes halogenated alkanes) is 1. The van der Waals surface area contributed by atoms with E-state index in [1.807, 2.05) is 38.1 Å². The van der Waals surface area contributed by atoms with Gasteiger partial charge < -0.3 is 45.8 Å². The van der Waals surface area contributed by atoms with Gasteiger partial charge in [-0.2, -0.15) is 26.3 Å². The molecule has 8 N–H and O–H groups in total. The van der Waals surface area contributed by atoms with Crippen LogP contribution in [-0.2, 0) is 24.0 Å². The minimum Gasteiger partial charge on any atom is -0.490 e. The Morgan fingerprint density at radius 2 is 1.49 bits per heavy atom. The largest absolute Gasteiger partial charge is 0.490 e. The molecule has 1 aliphatic heterocycles. The first-order valence-corrected chi connectivity index (χ1v) is 17.3. The Morgan fingerprint density at radius 1 is 0.895 bits per heavy atom. The van der Waals surface area contributed by atoms with E-state index >= 15 is 0 Å². The van der Waals surface area contributed by atoms with Crippen molar-refractivity contribution in [3.63, 3.8) is 0 Å². The molecule has 57 heavy (non-hydrogen) atoms. The zero-order valence-corrected chi connectivity index (χ0v) is 31.0. The van der Waals surface area contributed by atoms with Gasteiger partial charge in [0.05, 0.1) is 6.04 Å². The van der Waals surface area contributed by atoms with Crippen LogP contribution in [0.15, 0.2) is 36.4 Å². The number of nitrogens with zero attached hydrogens (tertiary/aromatic N) is 1. The molecule has 0 aromatic heterocycles.